The van der Waals surface area contributed by atoms with Gasteiger partial charge in [0.05, 0.1) is 6.61 Å². The van der Waals surface area contributed by atoms with Crippen molar-refractivity contribution >= 4 is 0 Å². The molecule has 3 aromatic rings. The Labute approximate surface area is 232 Å². The zero-order valence-corrected chi connectivity index (χ0v) is 23.2. The molecular weight excluding hydrogens is 493 g/mol. The molecule has 0 heterocycles. The van der Waals surface area contributed by atoms with Gasteiger partial charge in [-0.15, -0.1) is 6.58 Å². The van der Waals surface area contributed by atoms with Crippen molar-refractivity contribution in [1.82, 2.24) is 0 Å². The Bertz CT molecular complexity index is 1210. The molecule has 1 aliphatic carbocycles. The molecule has 0 radical (unpaired) electrons. The second-order valence-electron chi connectivity index (χ2n) is 10.9. The van der Waals surface area contributed by atoms with Crippen LogP contribution in [0.3, 0.4) is 0 Å². The Hall–Kier alpha value is -3.01. The molecule has 1 nitrogen and oxygen atoms in total. The summed E-state index contributed by atoms with van der Waals surface area (Å²) in [6.45, 7) is 6.34. The van der Waals surface area contributed by atoms with E-state index in [0.29, 0.717) is 29.2 Å². The molecule has 1 saturated carbocycles. The highest BCUT2D eigenvalue weighted by Crippen LogP contribution is 2.39. The molecule has 0 spiro atoms. The van der Waals surface area contributed by atoms with Crippen LogP contribution >= 0.6 is 0 Å². The molecule has 4 rings (SSSR count). The number of hydrogen-bond acceptors (Lipinski definition) is 1. The number of ether oxygens (including phenoxy) is 1. The number of benzene rings is 3. The number of halogens is 3. The lowest BCUT2D eigenvalue weighted by molar-refractivity contribution is 0.285. The summed E-state index contributed by atoms with van der Waals surface area (Å²) in [6, 6.07) is 15.5. The molecule has 1 aliphatic rings. The third-order valence-corrected chi connectivity index (χ3v) is 8.15. The molecule has 0 aromatic heterocycles. The molecule has 1 fully saturated rings. The van der Waals surface area contributed by atoms with E-state index in [1.165, 1.54) is 31.7 Å². The van der Waals surface area contributed by atoms with E-state index in [4.69, 9.17) is 4.74 Å². The van der Waals surface area contributed by atoms with Crippen LogP contribution in [0, 0.1) is 23.4 Å². The number of allylic oxidation sites excluding steroid dienone is 1. The minimum atomic E-state index is -0.971. The molecule has 4 heteroatoms. The van der Waals surface area contributed by atoms with Crippen LogP contribution in [-0.4, -0.2) is 6.61 Å². The molecule has 0 aliphatic heterocycles. The van der Waals surface area contributed by atoms with Crippen molar-refractivity contribution in [1.29, 1.82) is 0 Å². The summed E-state index contributed by atoms with van der Waals surface area (Å²) in [5.74, 6) is -1.05. The summed E-state index contributed by atoms with van der Waals surface area (Å²) in [6.07, 6.45) is 14.1. The number of rotatable bonds is 13. The van der Waals surface area contributed by atoms with Gasteiger partial charge < -0.3 is 4.74 Å². The van der Waals surface area contributed by atoms with Crippen LogP contribution < -0.4 is 4.74 Å². The van der Waals surface area contributed by atoms with Gasteiger partial charge in [-0.2, -0.15) is 4.39 Å². The molecule has 0 N–H and O–H groups in total. The first-order valence-corrected chi connectivity index (χ1v) is 14.6. The Kier molecular flexibility index (Phi) is 10.7. The number of hydrogen-bond donors (Lipinski definition) is 0. The quantitative estimate of drug-likeness (QED) is 0.156. The summed E-state index contributed by atoms with van der Waals surface area (Å²) < 4.78 is 50.3. The van der Waals surface area contributed by atoms with Gasteiger partial charge in [-0.25, -0.2) is 8.78 Å². The van der Waals surface area contributed by atoms with E-state index >= 15 is 4.39 Å². The first-order valence-electron chi connectivity index (χ1n) is 14.6. The van der Waals surface area contributed by atoms with E-state index in [2.05, 4.69) is 13.5 Å². The normalized spacial score (nSPS) is 17.2. The minimum Gasteiger partial charge on any atom is -0.490 e. The Morgan fingerprint density at radius 3 is 2.13 bits per heavy atom. The molecule has 3 aromatic carbocycles. The molecular formula is C35H41F3O. The van der Waals surface area contributed by atoms with Crippen molar-refractivity contribution < 1.29 is 17.9 Å². The van der Waals surface area contributed by atoms with Crippen LogP contribution in [-0.2, 0) is 0 Å². The summed E-state index contributed by atoms with van der Waals surface area (Å²) in [5, 5.41) is 0. The molecule has 39 heavy (non-hydrogen) atoms. The molecule has 208 valence electrons. The van der Waals surface area contributed by atoms with Crippen molar-refractivity contribution in [2.75, 3.05) is 6.61 Å². The van der Waals surface area contributed by atoms with Crippen molar-refractivity contribution in [2.45, 2.75) is 83.5 Å². The van der Waals surface area contributed by atoms with Crippen LogP contribution in [0.2, 0.25) is 0 Å². The topological polar surface area (TPSA) is 9.23 Å². The maximum Gasteiger partial charge on any atom is 0.201 e. The molecule has 0 amide bonds. The average molecular weight is 535 g/mol. The van der Waals surface area contributed by atoms with E-state index in [9.17, 15) is 8.78 Å². The third kappa shape index (κ3) is 7.56. The van der Waals surface area contributed by atoms with E-state index in [0.717, 1.165) is 56.4 Å². The van der Waals surface area contributed by atoms with Crippen molar-refractivity contribution in [3.63, 3.8) is 0 Å². The van der Waals surface area contributed by atoms with Gasteiger partial charge in [-0.05, 0) is 91.7 Å². The van der Waals surface area contributed by atoms with Crippen LogP contribution in [0.1, 0.15) is 89.0 Å². The van der Waals surface area contributed by atoms with E-state index in [-0.39, 0.29) is 17.1 Å². The van der Waals surface area contributed by atoms with Crippen molar-refractivity contribution in [2.24, 2.45) is 5.92 Å². The van der Waals surface area contributed by atoms with Crippen LogP contribution in [0.4, 0.5) is 13.2 Å². The standard InChI is InChI=1S/C35H41F3O/c1-3-5-7-8-9-23-39-33-22-21-31(34(37)35(33)38)28-17-15-27(16-18-28)30-20-19-29(24-32(30)36)26-13-11-25(12-14-26)10-6-4-2/h4,15-22,24-26H,2-3,5-14,23H2,1H3. The summed E-state index contributed by atoms with van der Waals surface area (Å²) >= 11 is 0. The highest BCUT2D eigenvalue weighted by molar-refractivity contribution is 5.71. The van der Waals surface area contributed by atoms with Gasteiger partial charge in [0, 0.05) is 11.1 Å². The van der Waals surface area contributed by atoms with Crippen molar-refractivity contribution in [3.8, 4) is 28.0 Å². The van der Waals surface area contributed by atoms with Gasteiger partial charge in [-0.1, -0.05) is 75.1 Å². The molecule has 0 atom stereocenters. The second kappa shape index (κ2) is 14.4. The largest absolute Gasteiger partial charge is 0.490 e. The van der Waals surface area contributed by atoms with Crippen LogP contribution in [0.15, 0.2) is 67.3 Å². The molecule has 0 bridgehead atoms. The van der Waals surface area contributed by atoms with Gasteiger partial charge in [0.1, 0.15) is 5.82 Å². The monoisotopic (exact) mass is 534 g/mol. The zero-order chi connectivity index (χ0) is 27.6. The second-order valence-corrected chi connectivity index (χ2v) is 10.9. The van der Waals surface area contributed by atoms with Gasteiger partial charge in [0.2, 0.25) is 5.82 Å². The van der Waals surface area contributed by atoms with Gasteiger partial charge in [0.25, 0.3) is 0 Å². The van der Waals surface area contributed by atoms with Crippen LogP contribution in [0.25, 0.3) is 22.3 Å². The highest BCUT2D eigenvalue weighted by atomic mass is 19.2. The third-order valence-electron chi connectivity index (χ3n) is 8.15. The smallest absolute Gasteiger partial charge is 0.201 e. The van der Waals surface area contributed by atoms with Gasteiger partial charge in [-0.3, -0.25) is 0 Å². The van der Waals surface area contributed by atoms with E-state index in [1.807, 2.05) is 18.2 Å². The first-order chi connectivity index (χ1) is 19.0. The Morgan fingerprint density at radius 2 is 1.46 bits per heavy atom. The predicted molar refractivity (Wildman–Crippen MR) is 156 cm³/mol. The van der Waals surface area contributed by atoms with Crippen molar-refractivity contribution in [3.05, 3.63) is 90.3 Å². The lowest BCUT2D eigenvalue weighted by Crippen LogP contribution is -2.13. The highest BCUT2D eigenvalue weighted by Gasteiger charge is 2.23. The minimum absolute atomic E-state index is 0.0595. The summed E-state index contributed by atoms with van der Waals surface area (Å²) in [5.41, 5.74) is 2.98. The van der Waals surface area contributed by atoms with Crippen LogP contribution in [0.5, 0.6) is 5.75 Å². The summed E-state index contributed by atoms with van der Waals surface area (Å²) in [4.78, 5) is 0. The lowest BCUT2D eigenvalue weighted by Gasteiger charge is -2.28. The lowest BCUT2D eigenvalue weighted by atomic mass is 9.77. The Balaban J connectivity index is 1.39. The fourth-order valence-electron chi connectivity index (χ4n) is 5.74. The first kappa shape index (κ1) is 29.0. The summed E-state index contributed by atoms with van der Waals surface area (Å²) in [7, 11) is 0. The number of unbranched alkanes of at least 4 members (excludes halogenated alkanes) is 4. The maximum atomic E-state index is 15.2. The average Bonchev–Trinajstić information content (AvgIpc) is 2.96. The maximum absolute atomic E-state index is 15.2. The van der Waals surface area contributed by atoms with E-state index < -0.39 is 11.6 Å². The molecule has 0 saturated heterocycles. The van der Waals surface area contributed by atoms with E-state index in [1.54, 1.807) is 36.4 Å². The van der Waals surface area contributed by atoms with Gasteiger partial charge in [0.15, 0.2) is 11.6 Å². The van der Waals surface area contributed by atoms with Gasteiger partial charge >= 0.3 is 0 Å². The fraction of sp³-hybridized carbons (Fsp3) is 0.429. The zero-order valence-electron chi connectivity index (χ0n) is 23.2. The SMILES string of the molecule is C=CCCC1CCC(c2ccc(-c3ccc(-c4ccc(OCCCCCCC)c(F)c4F)cc3)c(F)c2)CC1. The Morgan fingerprint density at radius 1 is 0.795 bits per heavy atom. The predicted octanol–water partition coefficient (Wildman–Crippen LogP) is 11.0. The fourth-order valence-corrected chi connectivity index (χ4v) is 5.74. The molecule has 0 unspecified atom stereocenters.